The second kappa shape index (κ2) is 11.0. The van der Waals surface area contributed by atoms with Crippen LogP contribution in [0.2, 0.25) is 0 Å². The highest BCUT2D eigenvalue weighted by Gasteiger charge is 2.15. The molecule has 3 aromatic rings. The molecule has 0 bridgehead atoms. The summed E-state index contributed by atoms with van der Waals surface area (Å²) in [7, 11) is 0. The lowest BCUT2D eigenvalue weighted by Crippen LogP contribution is -2.15. The number of amides is 1. The molecule has 1 heterocycles. The van der Waals surface area contributed by atoms with E-state index in [0.29, 0.717) is 30.1 Å². The molecule has 0 spiro atoms. The summed E-state index contributed by atoms with van der Waals surface area (Å²) in [6, 6.07) is 14.0. The highest BCUT2D eigenvalue weighted by Crippen LogP contribution is 2.24. The molecule has 0 unspecified atom stereocenters. The van der Waals surface area contributed by atoms with Gasteiger partial charge in [-0.05, 0) is 48.6 Å². The zero-order valence-corrected chi connectivity index (χ0v) is 19.9. The average molecular weight is 451 g/mol. The number of aryl methyl sites for hydroxylation is 2. The largest absolute Gasteiger partial charge is 0.485 e. The van der Waals surface area contributed by atoms with Gasteiger partial charge in [0, 0.05) is 12.2 Å². The molecule has 1 amide bonds. The number of hydrogen-bond donors (Lipinski definition) is 1. The molecular formula is C25H30N4O2S. The van der Waals surface area contributed by atoms with Crippen molar-refractivity contribution in [3.05, 3.63) is 77.6 Å². The zero-order chi connectivity index (χ0) is 23.1. The van der Waals surface area contributed by atoms with Gasteiger partial charge in [-0.2, -0.15) is 0 Å². The van der Waals surface area contributed by atoms with Gasteiger partial charge in [0.05, 0.1) is 5.75 Å². The number of anilines is 1. The third-order valence-corrected chi connectivity index (χ3v) is 6.02. The number of ether oxygens (including phenoxy) is 1. The number of thioether (sulfide) groups is 1. The molecule has 6 nitrogen and oxygen atoms in total. The normalized spacial score (nSPS) is 10.9. The SMILES string of the molecule is C=CCn1c(COc2c(C)cccc2C)nnc1SCC(=O)Nc1ccc(C(C)C)cc1. The van der Waals surface area contributed by atoms with Crippen molar-refractivity contribution in [1.29, 1.82) is 0 Å². The lowest BCUT2D eigenvalue weighted by Gasteiger charge is -2.12. The molecule has 0 fully saturated rings. The fourth-order valence-electron chi connectivity index (χ4n) is 3.29. The molecular weight excluding hydrogens is 420 g/mol. The number of carbonyl (C=O) groups is 1. The summed E-state index contributed by atoms with van der Waals surface area (Å²) in [5.41, 5.74) is 4.18. The fraction of sp³-hybridized carbons (Fsp3) is 0.320. The molecule has 0 aliphatic rings. The Labute approximate surface area is 194 Å². The first-order chi connectivity index (χ1) is 15.4. The van der Waals surface area contributed by atoms with E-state index >= 15 is 0 Å². The van der Waals surface area contributed by atoms with E-state index in [0.717, 1.165) is 22.6 Å². The van der Waals surface area contributed by atoms with Gasteiger partial charge in [-0.1, -0.05) is 62.0 Å². The first-order valence-corrected chi connectivity index (χ1v) is 11.6. The summed E-state index contributed by atoms with van der Waals surface area (Å²) in [6.07, 6.45) is 1.78. The number of carbonyl (C=O) groups excluding carboxylic acids is 1. The molecule has 0 atom stereocenters. The predicted octanol–water partition coefficient (Wildman–Crippen LogP) is 5.51. The third-order valence-electron chi connectivity index (χ3n) is 5.05. The van der Waals surface area contributed by atoms with Crippen molar-refractivity contribution < 1.29 is 9.53 Å². The van der Waals surface area contributed by atoms with E-state index in [2.05, 4.69) is 35.9 Å². The van der Waals surface area contributed by atoms with E-state index in [1.807, 2.05) is 60.9 Å². The molecule has 1 N–H and O–H groups in total. The lowest BCUT2D eigenvalue weighted by molar-refractivity contribution is -0.113. The second-order valence-electron chi connectivity index (χ2n) is 7.92. The van der Waals surface area contributed by atoms with Crippen molar-refractivity contribution in [3.63, 3.8) is 0 Å². The standard InChI is InChI=1S/C25H30N4O2S/c1-6-14-29-22(15-31-24-18(4)8-7-9-19(24)5)27-28-25(29)32-16-23(30)26-21-12-10-20(11-13-21)17(2)3/h6-13,17H,1,14-16H2,2-5H3,(H,26,30). The van der Waals surface area contributed by atoms with Crippen molar-refractivity contribution in [2.24, 2.45) is 0 Å². The number of rotatable bonds is 10. The Bertz CT molecular complexity index is 1050. The maximum atomic E-state index is 12.4. The Kier molecular flexibility index (Phi) is 8.11. The summed E-state index contributed by atoms with van der Waals surface area (Å²) >= 11 is 1.35. The Morgan fingerprint density at radius 3 is 2.47 bits per heavy atom. The molecule has 0 aliphatic carbocycles. The van der Waals surface area contributed by atoms with E-state index < -0.39 is 0 Å². The number of nitrogens with one attached hydrogen (secondary N) is 1. The molecule has 7 heteroatoms. The minimum absolute atomic E-state index is 0.0891. The Balaban J connectivity index is 1.62. The topological polar surface area (TPSA) is 69.0 Å². The molecule has 168 valence electrons. The predicted molar refractivity (Wildman–Crippen MR) is 130 cm³/mol. The summed E-state index contributed by atoms with van der Waals surface area (Å²) < 4.78 is 7.97. The van der Waals surface area contributed by atoms with Crippen molar-refractivity contribution in [3.8, 4) is 5.75 Å². The van der Waals surface area contributed by atoms with Crippen LogP contribution in [0.25, 0.3) is 0 Å². The van der Waals surface area contributed by atoms with Crippen molar-refractivity contribution in [2.75, 3.05) is 11.1 Å². The molecule has 0 aliphatic heterocycles. The van der Waals surface area contributed by atoms with Crippen LogP contribution >= 0.6 is 11.8 Å². The number of aromatic nitrogens is 3. The number of para-hydroxylation sites is 1. The Hall–Kier alpha value is -3.06. The van der Waals surface area contributed by atoms with E-state index in [1.165, 1.54) is 17.3 Å². The first-order valence-electron chi connectivity index (χ1n) is 10.6. The maximum absolute atomic E-state index is 12.4. The quantitative estimate of drug-likeness (QED) is 0.326. The van der Waals surface area contributed by atoms with Gasteiger partial charge in [0.25, 0.3) is 0 Å². The highest BCUT2D eigenvalue weighted by atomic mass is 32.2. The summed E-state index contributed by atoms with van der Waals surface area (Å²) in [5, 5.41) is 12.2. The van der Waals surface area contributed by atoms with Crippen LogP contribution in [0.5, 0.6) is 5.75 Å². The minimum Gasteiger partial charge on any atom is -0.485 e. The second-order valence-corrected chi connectivity index (χ2v) is 8.86. The van der Waals surface area contributed by atoms with Crippen LogP contribution in [-0.2, 0) is 17.9 Å². The number of benzene rings is 2. The van der Waals surface area contributed by atoms with E-state index in [9.17, 15) is 4.79 Å². The van der Waals surface area contributed by atoms with Crippen LogP contribution in [-0.4, -0.2) is 26.4 Å². The number of nitrogens with zero attached hydrogens (tertiary/aromatic N) is 3. The van der Waals surface area contributed by atoms with E-state index in [1.54, 1.807) is 6.08 Å². The molecule has 0 saturated heterocycles. The summed E-state index contributed by atoms with van der Waals surface area (Å²) in [6.45, 7) is 13.0. The molecule has 1 aromatic heterocycles. The van der Waals surface area contributed by atoms with Gasteiger partial charge < -0.3 is 10.1 Å². The minimum atomic E-state index is -0.0891. The molecule has 2 aromatic carbocycles. The average Bonchev–Trinajstić information content (AvgIpc) is 3.14. The molecule has 0 radical (unpaired) electrons. The van der Waals surface area contributed by atoms with Gasteiger partial charge in [-0.25, -0.2) is 0 Å². The van der Waals surface area contributed by atoms with Crippen LogP contribution in [0, 0.1) is 13.8 Å². The van der Waals surface area contributed by atoms with Gasteiger partial charge in [-0.3, -0.25) is 9.36 Å². The maximum Gasteiger partial charge on any atom is 0.234 e. The third kappa shape index (κ3) is 6.01. The van der Waals surface area contributed by atoms with Crippen LogP contribution < -0.4 is 10.1 Å². The monoisotopic (exact) mass is 450 g/mol. The summed E-state index contributed by atoms with van der Waals surface area (Å²) in [4.78, 5) is 12.4. The smallest absolute Gasteiger partial charge is 0.234 e. The molecule has 32 heavy (non-hydrogen) atoms. The van der Waals surface area contributed by atoms with Gasteiger partial charge >= 0.3 is 0 Å². The van der Waals surface area contributed by atoms with Crippen LogP contribution in [0.15, 0.2) is 60.3 Å². The van der Waals surface area contributed by atoms with E-state index in [-0.39, 0.29) is 11.7 Å². The van der Waals surface area contributed by atoms with Crippen LogP contribution in [0.3, 0.4) is 0 Å². The summed E-state index contributed by atoms with van der Waals surface area (Å²) in [5.74, 6) is 2.16. The van der Waals surface area contributed by atoms with Gasteiger partial charge in [0.2, 0.25) is 5.91 Å². The van der Waals surface area contributed by atoms with Crippen LogP contribution in [0.4, 0.5) is 5.69 Å². The Morgan fingerprint density at radius 2 is 1.84 bits per heavy atom. The number of allylic oxidation sites excluding steroid dienone is 1. The van der Waals surface area contributed by atoms with Gasteiger partial charge in [-0.15, -0.1) is 16.8 Å². The zero-order valence-electron chi connectivity index (χ0n) is 19.1. The lowest BCUT2D eigenvalue weighted by atomic mass is 10.0. The Morgan fingerprint density at radius 1 is 1.16 bits per heavy atom. The van der Waals surface area contributed by atoms with Crippen molar-refractivity contribution in [1.82, 2.24) is 14.8 Å². The fourth-order valence-corrected chi connectivity index (χ4v) is 4.05. The van der Waals surface area contributed by atoms with Crippen LogP contribution in [0.1, 0.15) is 42.3 Å². The molecule has 3 rings (SSSR count). The molecule has 0 saturated carbocycles. The highest BCUT2D eigenvalue weighted by molar-refractivity contribution is 7.99. The van der Waals surface area contributed by atoms with Gasteiger partial charge in [0.15, 0.2) is 11.0 Å². The van der Waals surface area contributed by atoms with Crippen molar-refractivity contribution in [2.45, 2.75) is 51.9 Å². The number of hydrogen-bond acceptors (Lipinski definition) is 5. The van der Waals surface area contributed by atoms with E-state index in [4.69, 9.17) is 4.74 Å². The van der Waals surface area contributed by atoms with Gasteiger partial charge in [0.1, 0.15) is 12.4 Å². The first kappa shape index (κ1) is 23.6. The van der Waals surface area contributed by atoms with Crippen molar-refractivity contribution >= 4 is 23.4 Å².